The molecule has 1 aliphatic heterocycles. The number of nitrogens with one attached hydrogen (secondary N) is 1. The van der Waals surface area contributed by atoms with Gasteiger partial charge in [-0.05, 0) is 30.7 Å². The average Bonchev–Trinajstić information content (AvgIpc) is 2.53. The number of rotatable bonds is 6. The Hall–Kier alpha value is -1.67. The van der Waals surface area contributed by atoms with E-state index in [0.717, 1.165) is 5.69 Å². The molecule has 1 saturated heterocycles. The lowest BCUT2D eigenvalue weighted by molar-refractivity contribution is -0.130. The van der Waals surface area contributed by atoms with E-state index in [1.165, 1.54) is 12.1 Å². The monoisotopic (exact) mass is 343 g/mol. The molecule has 1 N–H and O–H groups in total. The molecule has 8 heteroatoms. The third kappa shape index (κ3) is 5.18. The Labute approximate surface area is 136 Å². The molecule has 2 rings (SSSR count). The highest BCUT2D eigenvalue weighted by Gasteiger charge is 2.22. The van der Waals surface area contributed by atoms with Gasteiger partial charge in [-0.25, -0.2) is 17.5 Å². The minimum absolute atomic E-state index is 0.0264. The van der Waals surface area contributed by atoms with E-state index < -0.39 is 10.0 Å². The molecule has 0 radical (unpaired) electrons. The second kappa shape index (κ2) is 7.74. The third-order valence-electron chi connectivity index (χ3n) is 3.74. The van der Waals surface area contributed by atoms with Crippen LogP contribution in [-0.2, 0) is 14.8 Å². The van der Waals surface area contributed by atoms with Gasteiger partial charge >= 0.3 is 0 Å². The normalized spacial score (nSPS) is 15.7. The Balaban J connectivity index is 1.82. The van der Waals surface area contributed by atoms with Crippen molar-refractivity contribution in [2.45, 2.75) is 13.3 Å². The van der Waals surface area contributed by atoms with Crippen LogP contribution in [-0.4, -0.2) is 57.7 Å². The van der Waals surface area contributed by atoms with Gasteiger partial charge in [0.05, 0.1) is 12.3 Å². The molecule has 0 saturated carbocycles. The molecule has 1 fully saturated rings. The highest BCUT2D eigenvalue weighted by molar-refractivity contribution is 7.89. The number of amides is 1. The van der Waals surface area contributed by atoms with Crippen molar-refractivity contribution >= 4 is 21.6 Å². The summed E-state index contributed by atoms with van der Waals surface area (Å²) in [7, 11) is -3.37. The molecule has 128 valence electrons. The molecule has 1 heterocycles. The van der Waals surface area contributed by atoms with Gasteiger partial charge in [0, 0.05) is 31.9 Å². The van der Waals surface area contributed by atoms with E-state index in [0.29, 0.717) is 32.6 Å². The van der Waals surface area contributed by atoms with Crippen LogP contribution in [0.25, 0.3) is 0 Å². The number of hydrogen-bond acceptors (Lipinski definition) is 4. The van der Waals surface area contributed by atoms with Crippen molar-refractivity contribution in [1.29, 1.82) is 0 Å². The van der Waals surface area contributed by atoms with Gasteiger partial charge in [0.15, 0.2) is 0 Å². The quantitative estimate of drug-likeness (QED) is 0.830. The number of carbonyl (C=O) groups excluding carboxylic acids is 1. The molecule has 23 heavy (non-hydrogen) atoms. The number of halogens is 1. The zero-order valence-electron chi connectivity index (χ0n) is 13.2. The molecule has 0 spiro atoms. The number of anilines is 1. The lowest BCUT2D eigenvalue weighted by Crippen LogP contribution is -2.51. The van der Waals surface area contributed by atoms with Crippen LogP contribution in [0, 0.1) is 5.82 Å². The van der Waals surface area contributed by atoms with Crippen LogP contribution in [0.3, 0.4) is 0 Å². The standard InChI is InChI=1S/C15H22FN3O3S/c1-2-11-23(21,22)17-12-15(20)19-9-7-18(8-10-19)14-5-3-13(16)4-6-14/h3-6,17H,2,7-12H2,1H3. The van der Waals surface area contributed by atoms with Crippen molar-refractivity contribution in [2.24, 2.45) is 0 Å². The Morgan fingerprint density at radius 3 is 2.35 bits per heavy atom. The Kier molecular flexibility index (Phi) is 5.95. The summed E-state index contributed by atoms with van der Waals surface area (Å²) in [4.78, 5) is 15.8. The van der Waals surface area contributed by atoms with Crippen LogP contribution in [0.4, 0.5) is 10.1 Å². The van der Waals surface area contributed by atoms with Gasteiger partial charge < -0.3 is 9.80 Å². The molecule has 0 bridgehead atoms. The van der Waals surface area contributed by atoms with Gasteiger partial charge in [0.1, 0.15) is 5.82 Å². The predicted molar refractivity (Wildman–Crippen MR) is 87.3 cm³/mol. The van der Waals surface area contributed by atoms with E-state index in [9.17, 15) is 17.6 Å². The second-order valence-electron chi connectivity index (χ2n) is 5.48. The zero-order valence-corrected chi connectivity index (χ0v) is 14.0. The first-order valence-electron chi connectivity index (χ1n) is 7.67. The highest BCUT2D eigenvalue weighted by Crippen LogP contribution is 2.16. The molecule has 1 aliphatic rings. The second-order valence-corrected chi connectivity index (χ2v) is 7.41. The summed E-state index contributed by atoms with van der Waals surface area (Å²) in [5.41, 5.74) is 0.919. The Morgan fingerprint density at radius 2 is 1.78 bits per heavy atom. The fourth-order valence-corrected chi connectivity index (χ4v) is 3.52. The summed E-state index contributed by atoms with van der Waals surface area (Å²) in [6, 6.07) is 6.25. The molecule has 1 aromatic carbocycles. The maximum absolute atomic E-state index is 12.9. The summed E-state index contributed by atoms with van der Waals surface area (Å²) >= 11 is 0. The molecule has 0 atom stereocenters. The van der Waals surface area contributed by atoms with Crippen molar-refractivity contribution in [3.05, 3.63) is 30.1 Å². The number of nitrogens with zero attached hydrogens (tertiary/aromatic N) is 2. The molecule has 0 unspecified atom stereocenters. The summed E-state index contributed by atoms with van der Waals surface area (Å²) in [6.07, 6.45) is 0.514. The predicted octanol–water partition coefficient (Wildman–Crippen LogP) is 0.804. The molecular formula is C15H22FN3O3S. The van der Waals surface area contributed by atoms with E-state index in [1.807, 2.05) is 0 Å². The van der Waals surface area contributed by atoms with Crippen molar-refractivity contribution < 1.29 is 17.6 Å². The maximum Gasteiger partial charge on any atom is 0.237 e. The number of benzene rings is 1. The van der Waals surface area contributed by atoms with Crippen molar-refractivity contribution in [1.82, 2.24) is 9.62 Å². The van der Waals surface area contributed by atoms with Gasteiger partial charge in [-0.2, -0.15) is 0 Å². The fraction of sp³-hybridized carbons (Fsp3) is 0.533. The molecular weight excluding hydrogens is 321 g/mol. The Morgan fingerprint density at radius 1 is 1.17 bits per heavy atom. The zero-order chi connectivity index (χ0) is 16.9. The van der Waals surface area contributed by atoms with E-state index >= 15 is 0 Å². The van der Waals surface area contributed by atoms with Crippen LogP contribution in [0.2, 0.25) is 0 Å². The summed E-state index contributed by atoms with van der Waals surface area (Å²) in [5, 5.41) is 0. The highest BCUT2D eigenvalue weighted by atomic mass is 32.2. The first-order valence-corrected chi connectivity index (χ1v) is 9.32. The van der Waals surface area contributed by atoms with Crippen molar-refractivity contribution in [3.8, 4) is 0 Å². The summed E-state index contributed by atoms with van der Waals surface area (Å²) < 4.78 is 38.4. The summed E-state index contributed by atoms with van der Waals surface area (Å²) in [6.45, 7) is 3.89. The maximum atomic E-state index is 12.9. The van der Waals surface area contributed by atoms with Crippen LogP contribution in [0.15, 0.2) is 24.3 Å². The van der Waals surface area contributed by atoms with Gasteiger partial charge in [0.2, 0.25) is 15.9 Å². The van der Waals surface area contributed by atoms with E-state index in [1.54, 1.807) is 24.0 Å². The van der Waals surface area contributed by atoms with Crippen LogP contribution in [0.1, 0.15) is 13.3 Å². The number of sulfonamides is 1. The first kappa shape index (κ1) is 17.7. The van der Waals surface area contributed by atoms with Crippen LogP contribution >= 0.6 is 0 Å². The van der Waals surface area contributed by atoms with Gasteiger partial charge in [0.25, 0.3) is 0 Å². The van der Waals surface area contributed by atoms with Gasteiger partial charge in [-0.1, -0.05) is 6.92 Å². The summed E-state index contributed by atoms with van der Waals surface area (Å²) in [5.74, 6) is -0.469. The molecule has 1 amide bonds. The van der Waals surface area contributed by atoms with Crippen molar-refractivity contribution in [2.75, 3.05) is 43.4 Å². The fourth-order valence-electron chi connectivity index (χ4n) is 2.49. The largest absolute Gasteiger partial charge is 0.368 e. The van der Waals surface area contributed by atoms with E-state index in [-0.39, 0.29) is 24.0 Å². The first-order chi connectivity index (χ1) is 10.9. The SMILES string of the molecule is CCCS(=O)(=O)NCC(=O)N1CCN(c2ccc(F)cc2)CC1. The number of carbonyl (C=O) groups is 1. The van der Waals surface area contributed by atoms with Gasteiger partial charge in [-0.3, -0.25) is 4.79 Å². The molecule has 0 aromatic heterocycles. The Bertz CT molecular complexity index is 626. The van der Waals surface area contributed by atoms with Crippen LogP contribution < -0.4 is 9.62 Å². The van der Waals surface area contributed by atoms with Gasteiger partial charge in [-0.15, -0.1) is 0 Å². The smallest absolute Gasteiger partial charge is 0.237 e. The molecule has 6 nitrogen and oxygen atoms in total. The molecule has 0 aliphatic carbocycles. The lowest BCUT2D eigenvalue weighted by atomic mass is 10.2. The topological polar surface area (TPSA) is 69.7 Å². The minimum atomic E-state index is -3.37. The van der Waals surface area contributed by atoms with E-state index in [2.05, 4.69) is 9.62 Å². The van der Waals surface area contributed by atoms with Crippen molar-refractivity contribution in [3.63, 3.8) is 0 Å². The number of hydrogen-bond donors (Lipinski definition) is 1. The third-order valence-corrected chi connectivity index (χ3v) is 5.27. The number of piperazine rings is 1. The minimum Gasteiger partial charge on any atom is -0.368 e. The van der Waals surface area contributed by atoms with E-state index in [4.69, 9.17) is 0 Å². The molecule has 1 aromatic rings. The lowest BCUT2D eigenvalue weighted by Gasteiger charge is -2.36. The average molecular weight is 343 g/mol. The van der Waals surface area contributed by atoms with Crippen LogP contribution in [0.5, 0.6) is 0 Å².